The number of hydrogen-bond acceptors (Lipinski definition) is 3. The second kappa shape index (κ2) is 5.37. The molecule has 21 heavy (non-hydrogen) atoms. The lowest BCUT2D eigenvalue weighted by Crippen LogP contribution is -2.31. The van der Waals surface area contributed by atoms with Gasteiger partial charge in [-0.3, -0.25) is 4.31 Å². The Hall–Kier alpha value is -2.08. The number of nitrogens with one attached hydrogen (secondary N) is 1. The van der Waals surface area contributed by atoms with Crippen LogP contribution in [0.5, 0.6) is 0 Å². The maximum Gasteiger partial charge on any atom is 0.264 e. The molecule has 0 unspecified atom stereocenters. The van der Waals surface area contributed by atoms with Crippen LogP contribution in [0.2, 0.25) is 0 Å². The lowest BCUT2D eigenvalue weighted by Gasteiger charge is -2.24. The number of para-hydroxylation sites is 2. The Labute approximate surface area is 123 Å². The van der Waals surface area contributed by atoms with E-state index in [9.17, 15) is 12.8 Å². The summed E-state index contributed by atoms with van der Waals surface area (Å²) in [5.74, 6) is -0.452. The molecule has 0 saturated carbocycles. The van der Waals surface area contributed by atoms with Gasteiger partial charge in [-0.2, -0.15) is 0 Å². The molecule has 1 aliphatic rings. The minimum absolute atomic E-state index is 0.0978. The average molecular weight is 306 g/mol. The summed E-state index contributed by atoms with van der Waals surface area (Å²) in [7, 11) is -3.69. The molecule has 110 valence electrons. The fraction of sp³-hybridized carbons (Fsp3) is 0.200. The molecule has 2 aromatic carbocycles. The molecule has 2 aromatic rings. The predicted molar refractivity (Wildman–Crippen MR) is 80.5 cm³/mol. The van der Waals surface area contributed by atoms with Crippen molar-refractivity contribution in [3.63, 3.8) is 0 Å². The number of rotatable bonds is 2. The van der Waals surface area contributed by atoms with Crippen molar-refractivity contribution in [1.82, 2.24) is 0 Å². The van der Waals surface area contributed by atoms with Gasteiger partial charge in [-0.1, -0.05) is 12.1 Å². The second-order valence-corrected chi connectivity index (χ2v) is 6.69. The zero-order valence-corrected chi connectivity index (χ0v) is 12.1. The molecule has 0 spiro atoms. The number of sulfonamides is 1. The van der Waals surface area contributed by atoms with E-state index < -0.39 is 15.8 Å². The molecule has 3 rings (SSSR count). The van der Waals surface area contributed by atoms with Gasteiger partial charge in [0.25, 0.3) is 10.0 Å². The molecule has 1 aliphatic heterocycles. The van der Waals surface area contributed by atoms with Crippen LogP contribution >= 0.6 is 0 Å². The van der Waals surface area contributed by atoms with Gasteiger partial charge in [0.2, 0.25) is 0 Å². The maximum absolute atomic E-state index is 13.0. The van der Waals surface area contributed by atoms with Crippen LogP contribution in [-0.2, 0) is 10.0 Å². The molecule has 0 amide bonds. The van der Waals surface area contributed by atoms with Crippen molar-refractivity contribution in [3.05, 3.63) is 54.3 Å². The van der Waals surface area contributed by atoms with Gasteiger partial charge in [0.15, 0.2) is 0 Å². The third-order valence-corrected chi connectivity index (χ3v) is 5.26. The molecule has 0 saturated heterocycles. The monoisotopic (exact) mass is 306 g/mol. The Morgan fingerprint density at radius 3 is 2.52 bits per heavy atom. The first-order chi connectivity index (χ1) is 10.1. The van der Waals surface area contributed by atoms with Gasteiger partial charge in [0.1, 0.15) is 5.82 Å². The molecule has 0 aliphatic carbocycles. The summed E-state index contributed by atoms with van der Waals surface area (Å²) in [6.07, 6.45) is 0.703. The molecule has 1 N–H and O–H groups in total. The Kier molecular flexibility index (Phi) is 3.55. The van der Waals surface area contributed by atoms with Crippen LogP contribution in [0.1, 0.15) is 6.42 Å². The molecule has 0 radical (unpaired) electrons. The van der Waals surface area contributed by atoms with Crippen molar-refractivity contribution in [1.29, 1.82) is 0 Å². The number of benzene rings is 2. The first-order valence-corrected chi connectivity index (χ1v) is 8.14. The van der Waals surface area contributed by atoms with Crippen LogP contribution in [0.3, 0.4) is 0 Å². The van der Waals surface area contributed by atoms with Gasteiger partial charge in [0.05, 0.1) is 16.3 Å². The average Bonchev–Trinajstić information content (AvgIpc) is 2.70. The maximum atomic E-state index is 13.0. The highest BCUT2D eigenvalue weighted by Gasteiger charge is 2.27. The van der Waals surface area contributed by atoms with Crippen molar-refractivity contribution in [2.75, 3.05) is 22.7 Å². The number of nitrogens with zero attached hydrogens (tertiary/aromatic N) is 1. The normalized spacial score (nSPS) is 15.0. The summed E-state index contributed by atoms with van der Waals surface area (Å²) >= 11 is 0. The molecule has 4 nitrogen and oxygen atoms in total. The predicted octanol–water partition coefficient (Wildman–Crippen LogP) is 2.84. The van der Waals surface area contributed by atoms with Crippen molar-refractivity contribution in [3.8, 4) is 0 Å². The smallest absolute Gasteiger partial charge is 0.264 e. The molecular formula is C15H15FN2O2S. The van der Waals surface area contributed by atoms with E-state index in [0.29, 0.717) is 25.2 Å². The zero-order chi connectivity index (χ0) is 14.9. The lowest BCUT2D eigenvalue weighted by molar-refractivity contribution is 0.589. The minimum atomic E-state index is -3.69. The molecule has 6 heteroatoms. The largest absolute Gasteiger partial charge is 0.383 e. The number of fused-ring (bicyclic) bond motifs is 1. The third-order valence-electron chi connectivity index (χ3n) is 3.43. The summed E-state index contributed by atoms with van der Waals surface area (Å²) in [6.45, 7) is 1.11. The first-order valence-electron chi connectivity index (χ1n) is 6.70. The van der Waals surface area contributed by atoms with Crippen molar-refractivity contribution in [2.45, 2.75) is 11.3 Å². The molecule has 0 atom stereocenters. The third kappa shape index (κ3) is 2.58. The van der Waals surface area contributed by atoms with Gasteiger partial charge in [-0.05, 0) is 42.8 Å². The van der Waals surface area contributed by atoms with E-state index in [2.05, 4.69) is 5.32 Å². The summed E-state index contributed by atoms with van der Waals surface area (Å²) in [5, 5.41) is 3.22. The van der Waals surface area contributed by atoms with E-state index in [1.165, 1.54) is 16.4 Å². The molecule has 1 heterocycles. The van der Waals surface area contributed by atoms with E-state index in [1.807, 2.05) is 12.1 Å². The number of anilines is 2. The standard InChI is InChI=1S/C15H15FN2O2S/c16-12-6-8-13(9-7-12)21(19,20)18-11-3-10-17-14-4-1-2-5-15(14)18/h1-2,4-9,17H,3,10-11H2. The van der Waals surface area contributed by atoms with Crippen molar-refractivity contribution >= 4 is 21.4 Å². The zero-order valence-electron chi connectivity index (χ0n) is 11.3. The summed E-state index contributed by atoms with van der Waals surface area (Å²) in [5.41, 5.74) is 1.42. The van der Waals surface area contributed by atoms with Gasteiger partial charge in [-0.25, -0.2) is 12.8 Å². The topological polar surface area (TPSA) is 49.4 Å². The Morgan fingerprint density at radius 1 is 1.05 bits per heavy atom. The Bertz CT molecular complexity index is 745. The van der Waals surface area contributed by atoms with Crippen LogP contribution in [0, 0.1) is 5.82 Å². The van der Waals surface area contributed by atoms with Crippen LogP contribution in [0.15, 0.2) is 53.4 Å². The molecule has 0 fully saturated rings. The van der Waals surface area contributed by atoms with Crippen molar-refractivity contribution in [2.24, 2.45) is 0 Å². The lowest BCUT2D eigenvalue weighted by atomic mass is 10.2. The van der Waals surface area contributed by atoms with Crippen LogP contribution in [0.4, 0.5) is 15.8 Å². The molecule has 0 bridgehead atoms. The molecule has 0 aromatic heterocycles. The number of halogens is 1. The van der Waals surface area contributed by atoms with E-state index in [-0.39, 0.29) is 4.90 Å². The quantitative estimate of drug-likeness (QED) is 0.928. The summed E-state index contributed by atoms with van der Waals surface area (Å²) < 4.78 is 40.0. The van der Waals surface area contributed by atoms with E-state index >= 15 is 0 Å². The Morgan fingerprint density at radius 2 is 1.76 bits per heavy atom. The first kappa shape index (κ1) is 13.9. The van der Waals surface area contributed by atoms with Crippen molar-refractivity contribution < 1.29 is 12.8 Å². The fourth-order valence-corrected chi connectivity index (χ4v) is 3.91. The van der Waals surface area contributed by atoms with Crippen LogP contribution in [0.25, 0.3) is 0 Å². The Balaban J connectivity index is 2.08. The van der Waals surface area contributed by atoms with E-state index in [1.54, 1.807) is 12.1 Å². The SMILES string of the molecule is O=S(=O)(c1ccc(F)cc1)N1CCCNc2ccccc21. The van der Waals surface area contributed by atoms with Gasteiger partial charge < -0.3 is 5.32 Å². The highest BCUT2D eigenvalue weighted by Crippen LogP contribution is 2.32. The summed E-state index contributed by atoms with van der Waals surface area (Å²) in [4.78, 5) is 0.0978. The second-order valence-electron chi connectivity index (χ2n) is 4.83. The minimum Gasteiger partial charge on any atom is -0.383 e. The fourth-order valence-electron chi connectivity index (χ4n) is 2.39. The highest BCUT2D eigenvalue weighted by molar-refractivity contribution is 7.92. The van der Waals surface area contributed by atoms with Crippen LogP contribution in [-0.4, -0.2) is 21.5 Å². The molecular weight excluding hydrogens is 291 g/mol. The van der Waals surface area contributed by atoms with Gasteiger partial charge in [-0.15, -0.1) is 0 Å². The number of hydrogen-bond donors (Lipinski definition) is 1. The van der Waals surface area contributed by atoms with E-state index in [0.717, 1.165) is 17.8 Å². The van der Waals surface area contributed by atoms with Crippen LogP contribution < -0.4 is 9.62 Å². The van der Waals surface area contributed by atoms with Gasteiger partial charge >= 0.3 is 0 Å². The highest BCUT2D eigenvalue weighted by atomic mass is 32.2. The van der Waals surface area contributed by atoms with Gasteiger partial charge in [0, 0.05) is 13.1 Å². The van der Waals surface area contributed by atoms with E-state index in [4.69, 9.17) is 0 Å². The summed E-state index contributed by atoms with van der Waals surface area (Å²) in [6, 6.07) is 12.2.